The zero-order valence-corrected chi connectivity index (χ0v) is 27.0. The number of aromatic nitrogens is 4. The number of benzene rings is 4. The molecule has 0 bridgehead atoms. The Balaban J connectivity index is 1.11. The lowest BCUT2D eigenvalue weighted by Gasteiger charge is -2.11. The number of nitrogens with one attached hydrogen (secondary N) is 2. The fraction of sp³-hybridized carbons (Fsp3) is 0.0645. The van der Waals surface area contributed by atoms with Crippen LogP contribution < -0.4 is 10.6 Å². The number of nitrogens with zero attached hydrogens (tertiary/aromatic N) is 4. The molecule has 14 heteroatoms. The van der Waals surface area contributed by atoms with E-state index in [1.807, 2.05) is 47.0 Å². The van der Waals surface area contributed by atoms with Crippen molar-refractivity contribution in [3.63, 3.8) is 0 Å². The first-order valence-corrected chi connectivity index (χ1v) is 16.8. The van der Waals surface area contributed by atoms with Gasteiger partial charge in [-0.25, -0.2) is 9.37 Å². The van der Waals surface area contributed by atoms with Crippen LogP contribution in [-0.2, 0) is 9.59 Å². The Morgan fingerprint density at radius 3 is 2.40 bits per heavy atom. The first-order valence-electron chi connectivity index (χ1n) is 13.3. The molecule has 0 aliphatic heterocycles. The Morgan fingerprint density at radius 2 is 1.60 bits per heavy atom. The Morgan fingerprint density at radius 1 is 0.844 bits per heavy atom. The van der Waals surface area contributed by atoms with Crippen molar-refractivity contribution in [2.45, 2.75) is 9.50 Å². The summed E-state index contributed by atoms with van der Waals surface area (Å²) in [7, 11) is 0. The molecular weight excluding hydrogens is 674 g/mol. The molecule has 0 fully saturated rings. The van der Waals surface area contributed by atoms with E-state index < -0.39 is 5.82 Å². The number of anilines is 2. The normalized spacial score (nSPS) is 11.1. The number of rotatable bonds is 10. The van der Waals surface area contributed by atoms with E-state index in [9.17, 15) is 14.0 Å². The van der Waals surface area contributed by atoms with Gasteiger partial charge in [0.1, 0.15) is 5.82 Å². The molecule has 4 aromatic carbocycles. The molecule has 0 unspecified atom stereocenters. The van der Waals surface area contributed by atoms with E-state index in [2.05, 4.69) is 25.8 Å². The molecule has 0 radical (unpaired) electrons. The number of halogens is 3. The van der Waals surface area contributed by atoms with Crippen molar-refractivity contribution in [1.82, 2.24) is 19.7 Å². The third-order valence-electron chi connectivity index (χ3n) is 6.28. The van der Waals surface area contributed by atoms with Gasteiger partial charge in [-0.3, -0.25) is 14.2 Å². The van der Waals surface area contributed by atoms with Gasteiger partial charge in [-0.05, 0) is 60.7 Å². The van der Waals surface area contributed by atoms with E-state index in [0.717, 1.165) is 15.9 Å². The number of fused-ring (bicyclic) bond motifs is 1. The van der Waals surface area contributed by atoms with Crippen LogP contribution in [0.5, 0.6) is 0 Å². The van der Waals surface area contributed by atoms with Gasteiger partial charge in [-0.1, -0.05) is 77.1 Å². The lowest BCUT2D eigenvalue weighted by Crippen LogP contribution is -2.14. The van der Waals surface area contributed by atoms with Crippen LogP contribution in [0.4, 0.5) is 15.8 Å². The number of para-hydroxylation sites is 2. The highest BCUT2D eigenvalue weighted by atomic mass is 35.5. The fourth-order valence-electron chi connectivity index (χ4n) is 4.26. The largest absolute Gasteiger partial charge is 0.325 e. The highest BCUT2D eigenvalue weighted by molar-refractivity contribution is 8.01. The fourth-order valence-corrected chi connectivity index (χ4v) is 7.42. The lowest BCUT2D eigenvalue weighted by atomic mass is 10.2. The predicted molar refractivity (Wildman–Crippen MR) is 182 cm³/mol. The average Bonchev–Trinajstić information content (AvgIpc) is 3.64. The third-order valence-corrected chi connectivity index (χ3v) is 9.92. The van der Waals surface area contributed by atoms with E-state index in [4.69, 9.17) is 23.2 Å². The smallest absolute Gasteiger partial charge is 0.234 e. The molecule has 2 amide bonds. The quantitative estimate of drug-likeness (QED) is 0.139. The first kappa shape index (κ1) is 31.1. The second-order valence-electron chi connectivity index (χ2n) is 9.42. The van der Waals surface area contributed by atoms with Crippen molar-refractivity contribution in [3.8, 4) is 17.1 Å². The van der Waals surface area contributed by atoms with Crippen LogP contribution in [-0.4, -0.2) is 43.1 Å². The molecule has 0 aliphatic rings. The number of thioether (sulfide) groups is 2. The topological polar surface area (TPSA) is 102 Å². The standard InChI is InChI=1S/C31H21Cl2FN6O2S3/c32-18-10-12-21(22(33)14-18)29-38-39-30(40(29)20-6-2-1-3-7-20)43-16-27(41)35-19-11-13-25-26(15-19)45-31(37-25)44-17-28(42)36-24-9-5-4-8-23(24)34/h1-15H,16-17H2,(H,35,41)(H,36,42). The van der Waals surface area contributed by atoms with Crippen LogP contribution in [0.25, 0.3) is 27.3 Å². The molecule has 2 N–H and O–H groups in total. The van der Waals surface area contributed by atoms with Crippen molar-refractivity contribution >= 4 is 91.5 Å². The third kappa shape index (κ3) is 7.48. The highest BCUT2D eigenvalue weighted by Gasteiger charge is 2.19. The van der Waals surface area contributed by atoms with Crippen LogP contribution in [0.15, 0.2) is 100 Å². The van der Waals surface area contributed by atoms with Gasteiger partial charge in [0, 0.05) is 22.0 Å². The maximum absolute atomic E-state index is 13.8. The zero-order valence-electron chi connectivity index (χ0n) is 23.0. The number of hydrogen-bond donors (Lipinski definition) is 2. The second kappa shape index (κ2) is 14.0. The van der Waals surface area contributed by atoms with Crippen LogP contribution in [0, 0.1) is 5.82 Å². The SMILES string of the molecule is O=C(CSc1nnc(-c2ccc(Cl)cc2Cl)n1-c1ccccc1)Nc1ccc2nc(SCC(=O)Nc3ccccc3F)sc2c1. The van der Waals surface area contributed by atoms with Crippen molar-refractivity contribution in [2.24, 2.45) is 0 Å². The van der Waals surface area contributed by atoms with Gasteiger partial charge in [0.2, 0.25) is 11.8 Å². The molecule has 0 saturated heterocycles. The summed E-state index contributed by atoms with van der Waals surface area (Å²) in [4.78, 5) is 29.8. The maximum Gasteiger partial charge on any atom is 0.234 e. The number of hydrogen-bond acceptors (Lipinski definition) is 8. The zero-order chi connectivity index (χ0) is 31.3. The summed E-state index contributed by atoms with van der Waals surface area (Å²) in [6, 6.07) is 26.2. The van der Waals surface area contributed by atoms with Gasteiger partial charge in [0.15, 0.2) is 15.3 Å². The van der Waals surface area contributed by atoms with Gasteiger partial charge in [0.05, 0.1) is 32.4 Å². The van der Waals surface area contributed by atoms with Crippen LogP contribution in [0.2, 0.25) is 10.0 Å². The van der Waals surface area contributed by atoms with Crippen molar-refractivity contribution < 1.29 is 14.0 Å². The molecule has 0 saturated carbocycles. The van der Waals surface area contributed by atoms with E-state index >= 15 is 0 Å². The maximum atomic E-state index is 13.8. The molecule has 226 valence electrons. The number of carbonyl (C=O) groups is 2. The van der Waals surface area contributed by atoms with Gasteiger partial charge < -0.3 is 10.6 Å². The molecule has 45 heavy (non-hydrogen) atoms. The summed E-state index contributed by atoms with van der Waals surface area (Å²) < 4.78 is 17.2. The minimum absolute atomic E-state index is 0.0779. The Hall–Kier alpha value is -3.94. The molecule has 8 nitrogen and oxygen atoms in total. The number of amides is 2. The minimum Gasteiger partial charge on any atom is -0.325 e. The molecule has 0 spiro atoms. The second-order valence-corrected chi connectivity index (χ2v) is 13.5. The summed E-state index contributed by atoms with van der Waals surface area (Å²) in [6.45, 7) is 0. The van der Waals surface area contributed by atoms with Gasteiger partial charge in [0.25, 0.3) is 0 Å². The number of carbonyl (C=O) groups excluding carboxylic acids is 2. The molecule has 2 aromatic heterocycles. The monoisotopic (exact) mass is 694 g/mol. The molecule has 0 aliphatic carbocycles. The Kier molecular flexibility index (Phi) is 9.67. The molecule has 6 aromatic rings. The number of thiazole rings is 1. The summed E-state index contributed by atoms with van der Waals surface area (Å²) in [5, 5.41) is 15.7. The van der Waals surface area contributed by atoms with E-state index in [0.29, 0.717) is 36.6 Å². The Labute approximate surface area is 279 Å². The van der Waals surface area contributed by atoms with Gasteiger partial charge in [-0.15, -0.1) is 21.5 Å². The molecule has 6 rings (SSSR count). The van der Waals surface area contributed by atoms with E-state index in [1.54, 1.807) is 36.4 Å². The van der Waals surface area contributed by atoms with E-state index in [-0.39, 0.29) is 29.0 Å². The molecular formula is C31H21Cl2FN6O2S3. The average molecular weight is 696 g/mol. The summed E-state index contributed by atoms with van der Waals surface area (Å²) in [5.41, 5.74) is 2.98. The van der Waals surface area contributed by atoms with Crippen LogP contribution >= 0.6 is 58.1 Å². The minimum atomic E-state index is -0.491. The summed E-state index contributed by atoms with van der Waals surface area (Å²) in [5.74, 6) is -0.361. The molecule has 2 heterocycles. The van der Waals surface area contributed by atoms with Crippen molar-refractivity contribution in [1.29, 1.82) is 0 Å². The van der Waals surface area contributed by atoms with E-state index in [1.165, 1.54) is 47.0 Å². The Bertz CT molecular complexity index is 2020. The van der Waals surface area contributed by atoms with Crippen LogP contribution in [0.1, 0.15) is 0 Å². The van der Waals surface area contributed by atoms with Crippen molar-refractivity contribution in [3.05, 3.63) is 107 Å². The summed E-state index contributed by atoms with van der Waals surface area (Å²) >= 11 is 16.5. The molecule has 0 atom stereocenters. The van der Waals surface area contributed by atoms with Crippen LogP contribution in [0.3, 0.4) is 0 Å². The summed E-state index contributed by atoms with van der Waals surface area (Å²) in [6.07, 6.45) is 0. The van der Waals surface area contributed by atoms with Gasteiger partial charge >= 0.3 is 0 Å². The highest BCUT2D eigenvalue weighted by Crippen LogP contribution is 2.34. The van der Waals surface area contributed by atoms with Gasteiger partial charge in [-0.2, -0.15) is 0 Å². The predicted octanol–water partition coefficient (Wildman–Crippen LogP) is 8.45. The first-order chi connectivity index (χ1) is 21.8. The van der Waals surface area contributed by atoms with Crippen molar-refractivity contribution in [2.75, 3.05) is 22.1 Å². The lowest BCUT2D eigenvalue weighted by molar-refractivity contribution is -0.114.